The number of hydrogen-bond acceptors (Lipinski definition) is 3. The molecule has 1 N–H and O–H groups in total. The summed E-state index contributed by atoms with van der Waals surface area (Å²) in [7, 11) is 1.75. The first-order valence-corrected chi connectivity index (χ1v) is 7.42. The molecule has 1 aromatic carbocycles. The fraction of sp³-hybridized carbons (Fsp3) is 0.467. The van der Waals surface area contributed by atoms with Crippen LogP contribution in [-0.2, 0) is 16.0 Å². The summed E-state index contributed by atoms with van der Waals surface area (Å²) in [5.74, 6) is 0.181. The van der Waals surface area contributed by atoms with E-state index in [1.807, 2.05) is 17.0 Å². The highest BCUT2D eigenvalue weighted by atomic mass is 35.5. The van der Waals surface area contributed by atoms with Gasteiger partial charge in [-0.3, -0.25) is 9.59 Å². The van der Waals surface area contributed by atoms with Gasteiger partial charge in [0.2, 0.25) is 11.8 Å². The molecule has 2 rings (SSSR count). The SMILES string of the molecule is CNCC(=O)N1CCN(C(=O)Cc2ccc(Cl)cc2)CC1. The van der Waals surface area contributed by atoms with Gasteiger partial charge in [0.25, 0.3) is 0 Å². The van der Waals surface area contributed by atoms with Crippen LogP contribution in [0.25, 0.3) is 0 Å². The lowest BCUT2D eigenvalue weighted by atomic mass is 10.1. The molecule has 0 spiro atoms. The van der Waals surface area contributed by atoms with Crippen molar-refractivity contribution in [2.24, 2.45) is 0 Å². The molecular weight excluding hydrogens is 290 g/mol. The highest BCUT2D eigenvalue weighted by Crippen LogP contribution is 2.11. The van der Waals surface area contributed by atoms with Crippen molar-refractivity contribution >= 4 is 23.4 Å². The van der Waals surface area contributed by atoms with Gasteiger partial charge in [-0.25, -0.2) is 0 Å². The van der Waals surface area contributed by atoms with Crippen molar-refractivity contribution in [3.8, 4) is 0 Å². The minimum Gasteiger partial charge on any atom is -0.339 e. The van der Waals surface area contributed by atoms with Crippen LogP contribution in [0.2, 0.25) is 5.02 Å². The highest BCUT2D eigenvalue weighted by Gasteiger charge is 2.23. The van der Waals surface area contributed by atoms with Crippen molar-refractivity contribution in [1.29, 1.82) is 0 Å². The molecule has 1 aliphatic rings. The monoisotopic (exact) mass is 309 g/mol. The maximum atomic E-state index is 12.2. The molecule has 0 aliphatic carbocycles. The van der Waals surface area contributed by atoms with Crippen LogP contribution in [-0.4, -0.2) is 61.4 Å². The Morgan fingerprint density at radius 3 is 2.10 bits per heavy atom. The molecule has 0 aromatic heterocycles. The van der Waals surface area contributed by atoms with Gasteiger partial charge in [-0.05, 0) is 24.7 Å². The van der Waals surface area contributed by atoms with Gasteiger partial charge in [0.05, 0.1) is 13.0 Å². The number of benzene rings is 1. The van der Waals surface area contributed by atoms with Gasteiger partial charge in [0, 0.05) is 31.2 Å². The van der Waals surface area contributed by atoms with Gasteiger partial charge in [0.1, 0.15) is 0 Å². The average molecular weight is 310 g/mol. The highest BCUT2D eigenvalue weighted by molar-refractivity contribution is 6.30. The van der Waals surface area contributed by atoms with E-state index < -0.39 is 0 Å². The van der Waals surface area contributed by atoms with Crippen LogP contribution in [0.15, 0.2) is 24.3 Å². The van der Waals surface area contributed by atoms with Crippen molar-refractivity contribution in [1.82, 2.24) is 15.1 Å². The first-order chi connectivity index (χ1) is 10.1. The van der Waals surface area contributed by atoms with Crippen LogP contribution in [0, 0.1) is 0 Å². The molecule has 6 heteroatoms. The molecule has 1 saturated heterocycles. The van der Waals surface area contributed by atoms with Gasteiger partial charge in [0.15, 0.2) is 0 Å². The van der Waals surface area contributed by atoms with E-state index in [1.165, 1.54) is 0 Å². The number of nitrogens with zero attached hydrogens (tertiary/aromatic N) is 2. The summed E-state index contributed by atoms with van der Waals surface area (Å²) < 4.78 is 0. The normalized spacial score (nSPS) is 15.1. The van der Waals surface area contributed by atoms with Gasteiger partial charge >= 0.3 is 0 Å². The largest absolute Gasteiger partial charge is 0.339 e. The second-order valence-corrected chi connectivity index (χ2v) is 5.53. The molecule has 21 heavy (non-hydrogen) atoms. The van der Waals surface area contributed by atoms with Crippen LogP contribution in [0.3, 0.4) is 0 Å². The molecule has 2 amide bonds. The third-order valence-corrected chi connectivity index (χ3v) is 3.83. The standard InChI is InChI=1S/C15H20ClN3O2/c1-17-11-15(21)19-8-6-18(7-9-19)14(20)10-12-2-4-13(16)5-3-12/h2-5,17H,6-11H2,1H3. The Morgan fingerprint density at radius 2 is 1.57 bits per heavy atom. The predicted molar refractivity (Wildman–Crippen MR) is 82.2 cm³/mol. The van der Waals surface area contributed by atoms with Crippen LogP contribution in [0.4, 0.5) is 0 Å². The number of nitrogens with one attached hydrogen (secondary N) is 1. The Labute approximate surface area is 129 Å². The number of rotatable bonds is 4. The lowest BCUT2D eigenvalue weighted by Gasteiger charge is -2.34. The zero-order valence-electron chi connectivity index (χ0n) is 12.1. The first-order valence-electron chi connectivity index (χ1n) is 7.04. The molecular formula is C15H20ClN3O2. The van der Waals surface area contributed by atoms with Crippen molar-refractivity contribution in [2.75, 3.05) is 39.8 Å². The van der Waals surface area contributed by atoms with E-state index in [0.717, 1.165) is 5.56 Å². The topological polar surface area (TPSA) is 52.7 Å². The Kier molecular flexibility index (Phi) is 5.59. The van der Waals surface area contributed by atoms with E-state index in [1.54, 1.807) is 24.1 Å². The smallest absolute Gasteiger partial charge is 0.236 e. The number of halogens is 1. The van der Waals surface area contributed by atoms with E-state index in [0.29, 0.717) is 44.2 Å². The third kappa shape index (κ3) is 4.44. The Hall–Kier alpha value is -1.59. The lowest BCUT2D eigenvalue weighted by molar-refractivity contribution is -0.138. The summed E-state index contributed by atoms with van der Waals surface area (Å²) in [5, 5.41) is 3.52. The van der Waals surface area contributed by atoms with E-state index in [9.17, 15) is 9.59 Å². The molecule has 1 aliphatic heterocycles. The quantitative estimate of drug-likeness (QED) is 0.894. The molecule has 0 saturated carbocycles. The molecule has 1 heterocycles. The van der Waals surface area contributed by atoms with Gasteiger partial charge in [-0.1, -0.05) is 23.7 Å². The number of piperazine rings is 1. The fourth-order valence-electron chi connectivity index (χ4n) is 2.36. The van der Waals surface area contributed by atoms with Crippen molar-refractivity contribution in [2.45, 2.75) is 6.42 Å². The second-order valence-electron chi connectivity index (χ2n) is 5.10. The van der Waals surface area contributed by atoms with Crippen LogP contribution in [0.5, 0.6) is 0 Å². The molecule has 0 radical (unpaired) electrons. The zero-order valence-corrected chi connectivity index (χ0v) is 12.9. The van der Waals surface area contributed by atoms with Crippen LogP contribution in [0.1, 0.15) is 5.56 Å². The number of amides is 2. The number of likely N-dealkylation sites (N-methyl/N-ethyl adjacent to an activating group) is 1. The molecule has 0 atom stereocenters. The number of hydrogen-bond donors (Lipinski definition) is 1. The average Bonchev–Trinajstić information content (AvgIpc) is 2.50. The Morgan fingerprint density at radius 1 is 1.05 bits per heavy atom. The summed E-state index contributed by atoms with van der Waals surface area (Å²) in [6.07, 6.45) is 0.377. The minimum atomic E-state index is 0.0855. The van der Waals surface area contributed by atoms with Gasteiger partial charge in [-0.2, -0.15) is 0 Å². The molecule has 0 unspecified atom stereocenters. The number of carbonyl (C=O) groups is 2. The summed E-state index contributed by atoms with van der Waals surface area (Å²) >= 11 is 5.83. The van der Waals surface area contributed by atoms with Gasteiger partial charge in [-0.15, -0.1) is 0 Å². The predicted octanol–water partition coefficient (Wildman–Crippen LogP) is 0.773. The second kappa shape index (κ2) is 7.43. The maximum absolute atomic E-state index is 12.2. The third-order valence-electron chi connectivity index (χ3n) is 3.58. The zero-order chi connectivity index (χ0) is 15.2. The Balaban J connectivity index is 1.83. The van der Waals surface area contributed by atoms with Crippen molar-refractivity contribution in [3.05, 3.63) is 34.9 Å². The molecule has 0 bridgehead atoms. The van der Waals surface area contributed by atoms with Gasteiger partial charge < -0.3 is 15.1 Å². The van der Waals surface area contributed by atoms with Crippen molar-refractivity contribution < 1.29 is 9.59 Å². The lowest BCUT2D eigenvalue weighted by Crippen LogP contribution is -2.52. The van der Waals surface area contributed by atoms with Crippen molar-refractivity contribution in [3.63, 3.8) is 0 Å². The first kappa shape index (κ1) is 15.8. The van der Waals surface area contributed by atoms with Crippen LogP contribution >= 0.6 is 11.6 Å². The van der Waals surface area contributed by atoms with E-state index in [2.05, 4.69) is 5.32 Å². The summed E-state index contributed by atoms with van der Waals surface area (Å²) in [6.45, 7) is 2.75. The number of carbonyl (C=O) groups excluding carboxylic acids is 2. The maximum Gasteiger partial charge on any atom is 0.236 e. The molecule has 1 fully saturated rings. The summed E-state index contributed by atoms with van der Waals surface area (Å²) in [4.78, 5) is 27.6. The van der Waals surface area contributed by atoms with E-state index in [4.69, 9.17) is 11.6 Å². The Bertz CT molecular complexity index is 496. The van der Waals surface area contributed by atoms with Crippen LogP contribution < -0.4 is 5.32 Å². The molecule has 1 aromatic rings. The molecule has 5 nitrogen and oxygen atoms in total. The summed E-state index contributed by atoms with van der Waals surface area (Å²) in [5.41, 5.74) is 0.957. The molecule has 114 valence electrons. The minimum absolute atomic E-state index is 0.0855. The van der Waals surface area contributed by atoms with E-state index in [-0.39, 0.29) is 11.8 Å². The fourth-order valence-corrected chi connectivity index (χ4v) is 2.48. The van der Waals surface area contributed by atoms with E-state index >= 15 is 0 Å². The summed E-state index contributed by atoms with van der Waals surface area (Å²) in [6, 6.07) is 7.32.